The molecule has 1 N–H and O–H groups in total. The van der Waals surface area contributed by atoms with Crippen molar-refractivity contribution in [2.24, 2.45) is 10.9 Å². The second kappa shape index (κ2) is 9.50. The van der Waals surface area contributed by atoms with E-state index in [1.54, 1.807) is 0 Å². The smallest absolute Gasteiger partial charge is 0.151 e. The van der Waals surface area contributed by atoms with Crippen LogP contribution in [0.15, 0.2) is 23.7 Å². The van der Waals surface area contributed by atoms with Crippen molar-refractivity contribution in [1.82, 2.24) is 5.32 Å². The van der Waals surface area contributed by atoms with Gasteiger partial charge in [-0.2, -0.15) is 0 Å². The highest BCUT2D eigenvalue weighted by atomic mass is 19.1. The minimum atomic E-state index is -0.305. The van der Waals surface area contributed by atoms with Gasteiger partial charge in [-0.05, 0) is 62.9 Å². The minimum Gasteiger partial charge on any atom is -0.368 e. The Morgan fingerprint density at radius 3 is 2.48 bits per heavy atom. The molecule has 27 heavy (non-hydrogen) atoms. The Kier molecular flexibility index (Phi) is 7.06. The minimum absolute atomic E-state index is 0.305. The molecule has 0 atom stereocenters. The van der Waals surface area contributed by atoms with Crippen LogP contribution in [0.3, 0.4) is 0 Å². The van der Waals surface area contributed by atoms with Gasteiger partial charge in [0.15, 0.2) is 5.82 Å². The molecule has 0 heterocycles. The third kappa shape index (κ3) is 5.19. The van der Waals surface area contributed by atoms with Crippen LogP contribution in [0.4, 0.5) is 15.8 Å². The monoisotopic (exact) mass is 371 g/mol. The zero-order valence-electron chi connectivity index (χ0n) is 16.8. The lowest BCUT2D eigenvalue weighted by molar-refractivity contribution is 0.496. The van der Waals surface area contributed by atoms with Gasteiger partial charge in [-0.3, -0.25) is 4.99 Å². The first-order chi connectivity index (χ1) is 13.1. The molecule has 2 fully saturated rings. The summed E-state index contributed by atoms with van der Waals surface area (Å²) < 4.78 is 14.7. The van der Waals surface area contributed by atoms with Gasteiger partial charge in [0, 0.05) is 25.7 Å². The Hall–Kier alpha value is -1.68. The lowest BCUT2D eigenvalue weighted by Crippen LogP contribution is -2.38. The predicted octanol–water partition coefficient (Wildman–Crippen LogP) is 5.72. The molecule has 0 unspecified atom stereocenters. The van der Waals surface area contributed by atoms with Crippen LogP contribution in [0.5, 0.6) is 0 Å². The fourth-order valence-corrected chi connectivity index (χ4v) is 4.58. The molecule has 0 aliphatic heterocycles. The summed E-state index contributed by atoms with van der Waals surface area (Å²) in [6.07, 6.45) is 10.4. The molecule has 0 amide bonds. The predicted molar refractivity (Wildman–Crippen MR) is 115 cm³/mol. The van der Waals surface area contributed by atoms with Crippen LogP contribution in [0.25, 0.3) is 5.57 Å². The largest absolute Gasteiger partial charge is 0.368 e. The van der Waals surface area contributed by atoms with Crippen molar-refractivity contribution in [3.05, 3.63) is 30.1 Å². The van der Waals surface area contributed by atoms with E-state index in [0.717, 1.165) is 36.5 Å². The van der Waals surface area contributed by atoms with Crippen molar-refractivity contribution in [2.45, 2.75) is 64.3 Å². The molecule has 2 aliphatic carbocycles. The highest BCUT2D eigenvalue weighted by Crippen LogP contribution is 2.36. The quantitative estimate of drug-likeness (QED) is 0.562. The van der Waals surface area contributed by atoms with E-state index in [-0.39, 0.29) is 5.82 Å². The van der Waals surface area contributed by atoms with Crippen LogP contribution in [-0.2, 0) is 0 Å². The Labute approximate surface area is 163 Å². The number of nitrogens with zero attached hydrogens (tertiary/aromatic N) is 2. The van der Waals surface area contributed by atoms with E-state index in [9.17, 15) is 4.39 Å². The summed E-state index contributed by atoms with van der Waals surface area (Å²) in [6.45, 7) is 12.3. The zero-order valence-corrected chi connectivity index (χ0v) is 16.8. The van der Waals surface area contributed by atoms with Crippen molar-refractivity contribution < 1.29 is 4.39 Å². The molecular weight excluding hydrogens is 337 g/mol. The molecule has 2 aliphatic rings. The Morgan fingerprint density at radius 2 is 1.85 bits per heavy atom. The fourth-order valence-electron chi connectivity index (χ4n) is 4.58. The molecule has 3 nitrogen and oxygen atoms in total. The molecule has 148 valence electrons. The lowest BCUT2D eigenvalue weighted by atomic mass is 10.0. The summed E-state index contributed by atoms with van der Waals surface area (Å²) in [5.74, 6) is 0.381. The van der Waals surface area contributed by atoms with Crippen molar-refractivity contribution in [2.75, 3.05) is 24.5 Å². The third-order valence-corrected chi connectivity index (χ3v) is 6.16. The SMILES string of the molecule is C=Nc1c(F)cc(C(=C)C)cc1N(CCNC1CCCC1)CC1CCCC1. The normalized spacial score (nSPS) is 18.1. The van der Waals surface area contributed by atoms with Crippen molar-refractivity contribution in [1.29, 1.82) is 0 Å². The van der Waals surface area contributed by atoms with Gasteiger partial charge in [0.25, 0.3) is 0 Å². The molecular formula is C23H34FN3. The second-order valence-electron chi connectivity index (χ2n) is 8.30. The van der Waals surface area contributed by atoms with E-state index in [1.165, 1.54) is 57.4 Å². The molecule has 3 rings (SSSR count). The summed E-state index contributed by atoms with van der Waals surface area (Å²) in [5, 5.41) is 3.70. The van der Waals surface area contributed by atoms with Crippen LogP contribution in [0.1, 0.15) is 63.9 Å². The summed E-state index contributed by atoms with van der Waals surface area (Å²) in [4.78, 5) is 6.37. The van der Waals surface area contributed by atoms with Crippen molar-refractivity contribution >= 4 is 23.7 Å². The standard InChI is InChI=1S/C23H34FN3/c1-17(2)19-14-21(24)23(25-3)22(15-19)27(16-18-8-4-5-9-18)13-12-26-20-10-6-7-11-20/h14-15,18,20,26H,1,3-13,16H2,2H3. The second-order valence-corrected chi connectivity index (χ2v) is 8.30. The Bertz CT molecular complexity index is 658. The van der Waals surface area contributed by atoms with Crippen molar-refractivity contribution in [3.8, 4) is 0 Å². The first-order valence-electron chi connectivity index (χ1n) is 10.5. The number of benzene rings is 1. The number of rotatable bonds is 9. The first kappa shape index (κ1) is 20.1. The highest BCUT2D eigenvalue weighted by Gasteiger charge is 2.23. The molecule has 1 aromatic rings. The van der Waals surface area contributed by atoms with Gasteiger partial charge in [-0.1, -0.05) is 37.8 Å². The number of hydrogen-bond donors (Lipinski definition) is 1. The zero-order chi connectivity index (χ0) is 19.2. The Balaban J connectivity index is 1.81. The first-order valence-corrected chi connectivity index (χ1v) is 10.5. The molecule has 0 radical (unpaired) electrons. The lowest BCUT2D eigenvalue weighted by Gasteiger charge is -2.30. The topological polar surface area (TPSA) is 27.6 Å². The van der Waals surface area contributed by atoms with Gasteiger partial charge in [-0.15, -0.1) is 0 Å². The van der Waals surface area contributed by atoms with E-state index in [4.69, 9.17) is 0 Å². The van der Waals surface area contributed by atoms with Gasteiger partial charge in [0.1, 0.15) is 5.69 Å². The number of nitrogens with one attached hydrogen (secondary N) is 1. The molecule has 4 heteroatoms. The molecule has 0 saturated heterocycles. The van der Waals surface area contributed by atoms with Crippen LogP contribution in [0.2, 0.25) is 0 Å². The number of hydrogen-bond acceptors (Lipinski definition) is 3. The van der Waals surface area contributed by atoms with Crippen LogP contribution < -0.4 is 10.2 Å². The third-order valence-electron chi connectivity index (χ3n) is 6.16. The van der Waals surface area contributed by atoms with Gasteiger partial charge in [0.05, 0.1) is 5.69 Å². The summed E-state index contributed by atoms with van der Waals surface area (Å²) in [7, 11) is 0. The number of anilines is 1. The molecule has 0 spiro atoms. The summed E-state index contributed by atoms with van der Waals surface area (Å²) in [6, 6.07) is 4.22. The maximum atomic E-state index is 14.7. The summed E-state index contributed by atoms with van der Waals surface area (Å²) in [5.41, 5.74) is 2.95. The maximum Gasteiger partial charge on any atom is 0.151 e. The molecule has 0 bridgehead atoms. The molecule has 0 aromatic heterocycles. The maximum absolute atomic E-state index is 14.7. The molecule has 2 saturated carbocycles. The number of aliphatic imine (C=N–C) groups is 1. The molecule has 1 aromatic carbocycles. The van der Waals surface area contributed by atoms with E-state index >= 15 is 0 Å². The van der Waals surface area contributed by atoms with Gasteiger partial charge in [0.2, 0.25) is 0 Å². The van der Waals surface area contributed by atoms with E-state index < -0.39 is 0 Å². The van der Waals surface area contributed by atoms with Crippen LogP contribution >= 0.6 is 0 Å². The van der Waals surface area contributed by atoms with Crippen LogP contribution in [0, 0.1) is 11.7 Å². The van der Waals surface area contributed by atoms with Crippen LogP contribution in [-0.4, -0.2) is 32.4 Å². The Morgan fingerprint density at radius 1 is 1.19 bits per heavy atom. The number of halogens is 1. The number of allylic oxidation sites excluding steroid dienone is 1. The van der Waals surface area contributed by atoms with Gasteiger partial charge < -0.3 is 10.2 Å². The van der Waals surface area contributed by atoms with Gasteiger partial charge >= 0.3 is 0 Å². The highest BCUT2D eigenvalue weighted by molar-refractivity contribution is 5.76. The average molecular weight is 372 g/mol. The van der Waals surface area contributed by atoms with Crippen molar-refractivity contribution in [3.63, 3.8) is 0 Å². The van der Waals surface area contributed by atoms with Gasteiger partial charge in [-0.25, -0.2) is 4.39 Å². The van der Waals surface area contributed by atoms with E-state index in [1.807, 2.05) is 13.0 Å². The average Bonchev–Trinajstić information content (AvgIpc) is 3.34. The van der Waals surface area contributed by atoms with E-state index in [0.29, 0.717) is 17.6 Å². The summed E-state index contributed by atoms with van der Waals surface area (Å²) >= 11 is 0. The van der Waals surface area contributed by atoms with E-state index in [2.05, 4.69) is 28.5 Å². The fraction of sp³-hybridized carbons (Fsp3) is 0.609.